The molecule has 0 fully saturated rings. The van der Waals surface area contributed by atoms with Crippen molar-refractivity contribution in [1.82, 2.24) is 5.32 Å². The van der Waals surface area contributed by atoms with E-state index in [4.69, 9.17) is 5.11 Å². The van der Waals surface area contributed by atoms with Crippen LogP contribution in [0.1, 0.15) is 23.2 Å². The molecule has 0 atom stereocenters. The Morgan fingerprint density at radius 3 is 2.73 bits per heavy atom. The highest BCUT2D eigenvalue weighted by atomic mass is 79.9. The van der Waals surface area contributed by atoms with Gasteiger partial charge in [-0.05, 0) is 40.9 Å². The van der Waals surface area contributed by atoms with Gasteiger partial charge >= 0.3 is 0 Å². The molecule has 0 saturated carbocycles. The second-order valence-electron chi connectivity index (χ2n) is 3.17. The van der Waals surface area contributed by atoms with Gasteiger partial charge in [0.15, 0.2) is 0 Å². The molecule has 1 rings (SSSR count). The number of hydrogen-bond donors (Lipinski definition) is 2. The van der Waals surface area contributed by atoms with Gasteiger partial charge in [0.2, 0.25) is 0 Å². The van der Waals surface area contributed by atoms with E-state index in [0.29, 0.717) is 12.1 Å². The fourth-order valence-electron chi connectivity index (χ4n) is 1.18. The highest BCUT2D eigenvalue weighted by molar-refractivity contribution is 9.10. The first kappa shape index (κ1) is 12.2. The lowest BCUT2D eigenvalue weighted by molar-refractivity contribution is 0.0951. The van der Waals surface area contributed by atoms with Crippen LogP contribution in [0, 0.1) is 0 Å². The predicted molar refractivity (Wildman–Crippen MR) is 62.8 cm³/mol. The summed E-state index contributed by atoms with van der Waals surface area (Å²) < 4.78 is 0.796. The van der Waals surface area contributed by atoms with Crippen LogP contribution in [0.15, 0.2) is 28.7 Å². The number of unbranched alkanes of at least 4 members (excludes halogenated alkanes) is 1. The van der Waals surface area contributed by atoms with Crippen molar-refractivity contribution in [1.29, 1.82) is 0 Å². The summed E-state index contributed by atoms with van der Waals surface area (Å²) in [5.74, 6) is -0.0829. The van der Waals surface area contributed by atoms with E-state index < -0.39 is 0 Å². The van der Waals surface area contributed by atoms with E-state index in [2.05, 4.69) is 21.2 Å². The van der Waals surface area contributed by atoms with E-state index >= 15 is 0 Å². The number of rotatable bonds is 5. The summed E-state index contributed by atoms with van der Waals surface area (Å²) in [6, 6.07) is 7.30. The quantitative estimate of drug-likeness (QED) is 0.805. The fraction of sp³-hybridized carbons (Fsp3) is 0.364. The predicted octanol–water partition coefficient (Wildman–Crippen LogP) is 1.95. The Balaban J connectivity index is 2.44. The zero-order chi connectivity index (χ0) is 11.1. The van der Waals surface area contributed by atoms with Crippen LogP contribution < -0.4 is 5.32 Å². The number of aliphatic hydroxyl groups excluding tert-OH is 1. The average molecular weight is 272 g/mol. The first-order valence-electron chi connectivity index (χ1n) is 4.89. The molecule has 1 aromatic carbocycles. The standard InChI is InChI=1S/C11H14BrNO2/c12-10-6-2-1-5-9(10)11(15)13-7-3-4-8-14/h1-2,5-6,14H,3-4,7-8H2,(H,13,15). The van der Waals surface area contributed by atoms with Crippen LogP contribution in [0.5, 0.6) is 0 Å². The molecule has 3 nitrogen and oxygen atoms in total. The van der Waals surface area contributed by atoms with Gasteiger partial charge in [0.1, 0.15) is 0 Å². The minimum Gasteiger partial charge on any atom is -0.396 e. The molecule has 0 aromatic heterocycles. The Morgan fingerprint density at radius 2 is 2.07 bits per heavy atom. The van der Waals surface area contributed by atoms with Crippen LogP contribution >= 0.6 is 15.9 Å². The zero-order valence-electron chi connectivity index (χ0n) is 8.37. The fourth-order valence-corrected chi connectivity index (χ4v) is 1.64. The van der Waals surface area contributed by atoms with Crippen molar-refractivity contribution < 1.29 is 9.90 Å². The Kier molecular flexibility index (Phi) is 5.36. The van der Waals surface area contributed by atoms with E-state index in [0.717, 1.165) is 17.3 Å². The van der Waals surface area contributed by atoms with E-state index in [1.54, 1.807) is 6.07 Å². The van der Waals surface area contributed by atoms with Crippen molar-refractivity contribution in [2.45, 2.75) is 12.8 Å². The van der Waals surface area contributed by atoms with E-state index in [9.17, 15) is 4.79 Å². The Hall–Kier alpha value is -0.870. The number of hydrogen-bond acceptors (Lipinski definition) is 2. The number of carbonyl (C=O) groups excluding carboxylic acids is 1. The minimum absolute atomic E-state index is 0.0829. The summed E-state index contributed by atoms with van der Waals surface area (Å²) in [4.78, 5) is 11.6. The summed E-state index contributed by atoms with van der Waals surface area (Å²) in [5.41, 5.74) is 0.640. The lowest BCUT2D eigenvalue weighted by Gasteiger charge is -2.05. The van der Waals surface area contributed by atoms with Crippen molar-refractivity contribution in [2.24, 2.45) is 0 Å². The molecular weight excluding hydrogens is 258 g/mol. The highest BCUT2D eigenvalue weighted by Crippen LogP contribution is 2.15. The van der Waals surface area contributed by atoms with Crippen LogP contribution in [0.4, 0.5) is 0 Å². The molecule has 15 heavy (non-hydrogen) atoms. The van der Waals surface area contributed by atoms with Gasteiger partial charge in [-0.3, -0.25) is 4.79 Å². The van der Waals surface area contributed by atoms with Gasteiger partial charge in [-0.2, -0.15) is 0 Å². The third-order valence-electron chi connectivity index (χ3n) is 1.99. The van der Waals surface area contributed by atoms with Gasteiger partial charge < -0.3 is 10.4 Å². The van der Waals surface area contributed by atoms with Crippen molar-refractivity contribution in [2.75, 3.05) is 13.2 Å². The third kappa shape index (κ3) is 4.01. The zero-order valence-corrected chi connectivity index (χ0v) is 9.96. The lowest BCUT2D eigenvalue weighted by Crippen LogP contribution is -2.24. The number of benzene rings is 1. The van der Waals surface area contributed by atoms with E-state index in [1.807, 2.05) is 18.2 Å². The van der Waals surface area contributed by atoms with Gasteiger partial charge in [-0.15, -0.1) is 0 Å². The highest BCUT2D eigenvalue weighted by Gasteiger charge is 2.07. The van der Waals surface area contributed by atoms with Crippen LogP contribution in [-0.2, 0) is 0 Å². The summed E-state index contributed by atoms with van der Waals surface area (Å²) in [7, 11) is 0. The lowest BCUT2D eigenvalue weighted by atomic mass is 10.2. The topological polar surface area (TPSA) is 49.3 Å². The summed E-state index contributed by atoms with van der Waals surface area (Å²) in [6.45, 7) is 0.769. The maximum atomic E-state index is 11.6. The van der Waals surface area contributed by atoms with Crippen molar-refractivity contribution in [3.05, 3.63) is 34.3 Å². The third-order valence-corrected chi connectivity index (χ3v) is 2.68. The molecule has 1 amide bonds. The van der Waals surface area contributed by atoms with Gasteiger partial charge in [0, 0.05) is 17.6 Å². The molecule has 0 heterocycles. The monoisotopic (exact) mass is 271 g/mol. The second-order valence-corrected chi connectivity index (χ2v) is 4.02. The smallest absolute Gasteiger partial charge is 0.252 e. The average Bonchev–Trinajstić information content (AvgIpc) is 2.25. The van der Waals surface area contributed by atoms with Crippen molar-refractivity contribution in [3.63, 3.8) is 0 Å². The number of aliphatic hydroxyl groups is 1. The summed E-state index contributed by atoms with van der Waals surface area (Å²) >= 11 is 3.32. The molecule has 0 aliphatic rings. The molecule has 2 N–H and O–H groups in total. The minimum atomic E-state index is -0.0829. The number of nitrogens with one attached hydrogen (secondary N) is 1. The molecule has 0 bridgehead atoms. The Labute approximate surface area is 97.6 Å². The molecule has 4 heteroatoms. The van der Waals surface area contributed by atoms with Gasteiger partial charge in [0.25, 0.3) is 5.91 Å². The van der Waals surface area contributed by atoms with Crippen LogP contribution in [0.3, 0.4) is 0 Å². The van der Waals surface area contributed by atoms with Crippen LogP contribution in [0.25, 0.3) is 0 Å². The Morgan fingerprint density at radius 1 is 1.33 bits per heavy atom. The molecule has 0 radical (unpaired) electrons. The van der Waals surface area contributed by atoms with Crippen LogP contribution in [-0.4, -0.2) is 24.2 Å². The first-order chi connectivity index (χ1) is 7.25. The van der Waals surface area contributed by atoms with Crippen molar-refractivity contribution in [3.8, 4) is 0 Å². The second kappa shape index (κ2) is 6.58. The molecule has 0 unspecified atom stereocenters. The summed E-state index contributed by atoms with van der Waals surface area (Å²) in [6.07, 6.45) is 1.52. The molecule has 0 aliphatic carbocycles. The largest absolute Gasteiger partial charge is 0.396 e. The molecule has 82 valence electrons. The molecule has 1 aromatic rings. The van der Waals surface area contributed by atoms with Crippen LogP contribution in [0.2, 0.25) is 0 Å². The summed E-state index contributed by atoms with van der Waals surface area (Å²) in [5, 5.41) is 11.4. The van der Waals surface area contributed by atoms with Gasteiger partial charge in [-0.1, -0.05) is 12.1 Å². The van der Waals surface area contributed by atoms with E-state index in [1.165, 1.54) is 0 Å². The van der Waals surface area contributed by atoms with E-state index in [-0.39, 0.29) is 12.5 Å². The van der Waals surface area contributed by atoms with Gasteiger partial charge in [0.05, 0.1) is 5.56 Å². The molecular formula is C11H14BrNO2. The normalized spacial score (nSPS) is 10.0. The number of amides is 1. The number of carbonyl (C=O) groups is 1. The molecule has 0 aliphatic heterocycles. The van der Waals surface area contributed by atoms with Crippen molar-refractivity contribution >= 4 is 21.8 Å². The SMILES string of the molecule is O=C(NCCCCO)c1ccccc1Br. The molecule has 0 saturated heterocycles. The Bertz CT molecular complexity index is 328. The maximum absolute atomic E-state index is 11.6. The first-order valence-corrected chi connectivity index (χ1v) is 5.68. The number of halogens is 1. The molecule has 0 spiro atoms. The van der Waals surface area contributed by atoms with Gasteiger partial charge in [-0.25, -0.2) is 0 Å². The maximum Gasteiger partial charge on any atom is 0.252 e.